The first-order chi connectivity index (χ1) is 9.63. The van der Waals surface area contributed by atoms with Gasteiger partial charge < -0.3 is 5.73 Å². The highest BCUT2D eigenvalue weighted by Crippen LogP contribution is 2.26. The quantitative estimate of drug-likeness (QED) is 0.765. The van der Waals surface area contributed by atoms with E-state index in [0.29, 0.717) is 4.47 Å². The monoisotopic (exact) mass is 330 g/mol. The average Bonchev–Trinajstić information content (AvgIpc) is 2.45. The summed E-state index contributed by atoms with van der Waals surface area (Å²) in [5.74, 6) is -0.299. The van der Waals surface area contributed by atoms with Crippen molar-refractivity contribution in [3.63, 3.8) is 0 Å². The molecule has 2 nitrogen and oxygen atoms in total. The number of nitrogens with zero attached hydrogens (tertiary/aromatic N) is 1. The van der Waals surface area contributed by atoms with Crippen LogP contribution in [0.3, 0.4) is 0 Å². The van der Waals surface area contributed by atoms with E-state index in [0.717, 1.165) is 22.0 Å². The molecule has 20 heavy (non-hydrogen) atoms. The highest BCUT2D eigenvalue weighted by molar-refractivity contribution is 9.10. The lowest BCUT2D eigenvalue weighted by Crippen LogP contribution is -2.12. The van der Waals surface area contributed by atoms with Crippen LogP contribution in [0.5, 0.6) is 0 Å². The first-order valence-electron chi connectivity index (χ1n) is 6.20. The van der Waals surface area contributed by atoms with Gasteiger partial charge in [0.2, 0.25) is 0 Å². The zero-order valence-electron chi connectivity index (χ0n) is 10.6. The SMILES string of the molecule is NC(c1cc(F)cc(Br)c1)c1ccc2ncccc2c1. The second-order valence-corrected chi connectivity index (χ2v) is 5.55. The largest absolute Gasteiger partial charge is 0.320 e. The smallest absolute Gasteiger partial charge is 0.124 e. The van der Waals surface area contributed by atoms with Crippen molar-refractivity contribution >= 4 is 26.8 Å². The first-order valence-corrected chi connectivity index (χ1v) is 6.99. The van der Waals surface area contributed by atoms with Crippen molar-refractivity contribution in [3.8, 4) is 0 Å². The Morgan fingerprint density at radius 2 is 1.90 bits per heavy atom. The molecule has 3 rings (SSSR count). The van der Waals surface area contributed by atoms with Gasteiger partial charge in [-0.3, -0.25) is 4.98 Å². The van der Waals surface area contributed by atoms with Crippen molar-refractivity contribution in [1.29, 1.82) is 0 Å². The van der Waals surface area contributed by atoms with Gasteiger partial charge in [-0.25, -0.2) is 4.39 Å². The van der Waals surface area contributed by atoms with Crippen LogP contribution in [-0.2, 0) is 0 Å². The standard InChI is InChI=1S/C16H12BrFN2/c17-13-7-12(8-14(18)9-13)16(19)11-3-4-15-10(6-11)2-1-5-20-15/h1-9,16H,19H2. The predicted molar refractivity (Wildman–Crippen MR) is 81.9 cm³/mol. The minimum Gasteiger partial charge on any atom is -0.320 e. The average molecular weight is 331 g/mol. The number of fused-ring (bicyclic) bond motifs is 1. The highest BCUT2D eigenvalue weighted by Gasteiger charge is 2.11. The van der Waals surface area contributed by atoms with Crippen LogP contribution in [0, 0.1) is 5.82 Å². The van der Waals surface area contributed by atoms with Crippen LogP contribution < -0.4 is 5.73 Å². The van der Waals surface area contributed by atoms with Crippen molar-refractivity contribution in [2.75, 3.05) is 0 Å². The van der Waals surface area contributed by atoms with Crippen molar-refractivity contribution in [1.82, 2.24) is 4.98 Å². The van der Waals surface area contributed by atoms with E-state index in [2.05, 4.69) is 20.9 Å². The van der Waals surface area contributed by atoms with E-state index in [1.54, 1.807) is 6.20 Å². The van der Waals surface area contributed by atoms with E-state index in [1.165, 1.54) is 12.1 Å². The van der Waals surface area contributed by atoms with E-state index in [4.69, 9.17) is 5.73 Å². The predicted octanol–water partition coefficient (Wildman–Crippen LogP) is 4.18. The fourth-order valence-corrected chi connectivity index (χ4v) is 2.72. The van der Waals surface area contributed by atoms with Crippen molar-refractivity contribution in [2.24, 2.45) is 5.73 Å². The molecule has 2 aromatic carbocycles. The van der Waals surface area contributed by atoms with E-state index >= 15 is 0 Å². The lowest BCUT2D eigenvalue weighted by Gasteiger charge is -2.14. The summed E-state index contributed by atoms with van der Waals surface area (Å²) in [5, 5.41) is 1.02. The lowest BCUT2D eigenvalue weighted by molar-refractivity contribution is 0.622. The molecule has 100 valence electrons. The summed E-state index contributed by atoms with van der Waals surface area (Å²) >= 11 is 3.29. The number of hydrogen-bond acceptors (Lipinski definition) is 2. The van der Waals surface area contributed by atoms with Gasteiger partial charge in [0.25, 0.3) is 0 Å². The van der Waals surface area contributed by atoms with Crippen LogP contribution in [0.1, 0.15) is 17.2 Å². The van der Waals surface area contributed by atoms with Gasteiger partial charge in [-0.15, -0.1) is 0 Å². The number of benzene rings is 2. The van der Waals surface area contributed by atoms with Gasteiger partial charge >= 0.3 is 0 Å². The zero-order chi connectivity index (χ0) is 14.1. The second-order valence-electron chi connectivity index (χ2n) is 4.64. The number of rotatable bonds is 2. The molecule has 1 heterocycles. The van der Waals surface area contributed by atoms with Gasteiger partial charge in [0.1, 0.15) is 5.82 Å². The third-order valence-electron chi connectivity index (χ3n) is 3.23. The second kappa shape index (κ2) is 5.31. The molecule has 0 bridgehead atoms. The molecular formula is C16H12BrFN2. The summed E-state index contributed by atoms with van der Waals surface area (Å²) in [6, 6.07) is 14.1. The Morgan fingerprint density at radius 3 is 2.70 bits per heavy atom. The van der Waals surface area contributed by atoms with Crippen LogP contribution >= 0.6 is 15.9 Å². The van der Waals surface area contributed by atoms with E-state index in [9.17, 15) is 4.39 Å². The molecule has 0 aliphatic carbocycles. The molecule has 0 aliphatic rings. The molecule has 4 heteroatoms. The minimum absolute atomic E-state index is 0.299. The Labute approximate surface area is 124 Å². The number of nitrogens with two attached hydrogens (primary N) is 1. The summed E-state index contributed by atoms with van der Waals surface area (Å²) in [6.45, 7) is 0. The van der Waals surface area contributed by atoms with E-state index < -0.39 is 0 Å². The van der Waals surface area contributed by atoms with Crippen LogP contribution in [-0.4, -0.2) is 4.98 Å². The number of aromatic nitrogens is 1. The first kappa shape index (κ1) is 13.2. The molecule has 0 saturated carbocycles. The molecule has 1 aromatic heterocycles. The number of halogens is 2. The van der Waals surface area contributed by atoms with Gasteiger partial charge in [0.05, 0.1) is 11.6 Å². The summed E-state index contributed by atoms with van der Waals surface area (Å²) < 4.78 is 14.1. The van der Waals surface area contributed by atoms with Gasteiger partial charge in [0, 0.05) is 16.1 Å². The Bertz CT molecular complexity index is 753. The summed E-state index contributed by atoms with van der Waals surface area (Å²) in [6.07, 6.45) is 1.76. The maximum atomic E-state index is 13.5. The third-order valence-corrected chi connectivity index (χ3v) is 3.69. The van der Waals surface area contributed by atoms with Gasteiger partial charge in [-0.1, -0.05) is 28.1 Å². The molecule has 1 atom stereocenters. The fraction of sp³-hybridized carbons (Fsp3) is 0.0625. The molecule has 3 aromatic rings. The zero-order valence-corrected chi connectivity index (χ0v) is 12.1. The normalized spacial score (nSPS) is 12.6. The molecule has 0 amide bonds. The summed E-state index contributed by atoms with van der Waals surface area (Å²) in [7, 11) is 0. The van der Waals surface area contributed by atoms with Crippen molar-refractivity contribution in [2.45, 2.75) is 6.04 Å². The number of hydrogen-bond donors (Lipinski definition) is 1. The molecule has 0 radical (unpaired) electrons. The lowest BCUT2D eigenvalue weighted by atomic mass is 9.98. The fourth-order valence-electron chi connectivity index (χ4n) is 2.23. The molecule has 1 unspecified atom stereocenters. The molecule has 2 N–H and O–H groups in total. The number of pyridine rings is 1. The van der Waals surface area contributed by atoms with Crippen LogP contribution in [0.2, 0.25) is 0 Å². The Balaban J connectivity index is 2.05. The third kappa shape index (κ3) is 2.57. The Morgan fingerprint density at radius 1 is 1.05 bits per heavy atom. The summed E-state index contributed by atoms with van der Waals surface area (Å²) in [5.41, 5.74) is 8.83. The highest BCUT2D eigenvalue weighted by atomic mass is 79.9. The van der Waals surface area contributed by atoms with Crippen LogP contribution in [0.15, 0.2) is 59.2 Å². The molecule has 0 saturated heterocycles. The molecular weight excluding hydrogens is 319 g/mol. The summed E-state index contributed by atoms with van der Waals surface area (Å²) in [4.78, 5) is 4.27. The van der Waals surface area contributed by atoms with E-state index in [-0.39, 0.29) is 11.9 Å². The maximum absolute atomic E-state index is 13.5. The minimum atomic E-state index is -0.369. The van der Waals surface area contributed by atoms with Crippen LogP contribution in [0.4, 0.5) is 4.39 Å². The van der Waals surface area contributed by atoms with Crippen LogP contribution in [0.25, 0.3) is 10.9 Å². The van der Waals surface area contributed by atoms with Crippen molar-refractivity contribution < 1.29 is 4.39 Å². The Hall–Kier alpha value is -1.78. The van der Waals surface area contributed by atoms with Crippen molar-refractivity contribution in [3.05, 3.63) is 76.1 Å². The van der Waals surface area contributed by atoms with Gasteiger partial charge in [0.15, 0.2) is 0 Å². The maximum Gasteiger partial charge on any atom is 0.124 e. The molecule has 0 aliphatic heterocycles. The topological polar surface area (TPSA) is 38.9 Å². The molecule has 0 fully saturated rings. The molecule has 0 spiro atoms. The Kier molecular flexibility index (Phi) is 3.51. The van der Waals surface area contributed by atoms with E-state index in [1.807, 2.05) is 36.4 Å². The van der Waals surface area contributed by atoms with Gasteiger partial charge in [-0.2, -0.15) is 0 Å². The van der Waals surface area contributed by atoms with Gasteiger partial charge in [-0.05, 0) is 47.5 Å².